The zero-order valence-corrected chi connectivity index (χ0v) is 7.54. The first-order chi connectivity index (χ1) is 5.63. The van der Waals surface area contributed by atoms with Gasteiger partial charge in [-0.1, -0.05) is 18.5 Å². The largest absolute Gasteiger partial charge is 0.384 e. The van der Waals surface area contributed by atoms with Crippen molar-refractivity contribution in [2.45, 2.75) is 19.4 Å². The van der Waals surface area contributed by atoms with Crippen LogP contribution in [0.5, 0.6) is 0 Å². The highest BCUT2D eigenvalue weighted by Crippen LogP contribution is 2.14. The smallest absolute Gasteiger partial charge is 0.149 e. The van der Waals surface area contributed by atoms with Crippen LogP contribution in [0.3, 0.4) is 0 Å². The van der Waals surface area contributed by atoms with E-state index in [2.05, 4.69) is 9.97 Å². The molecule has 4 N–H and O–H groups in total. The van der Waals surface area contributed by atoms with Gasteiger partial charge in [0.15, 0.2) is 0 Å². The number of anilines is 1. The van der Waals surface area contributed by atoms with Gasteiger partial charge in [-0.25, -0.2) is 9.97 Å². The number of nitrogens with two attached hydrogens (primary N) is 2. The molecule has 12 heavy (non-hydrogen) atoms. The first kappa shape index (κ1) is 9.22. The van der Waals surface area contributed by atoms with E-state index in [9.17, 15) is 0 Å². The van der Waals surface area contributed by atoms with Gasteiger partial charge in [-0.3, -0.25) is 0 Å². The second-order valence-corrected chi connectivity index (χ2v) is 2.88. The molecule has 66 valence electrons. The van der Waals surface area contributed by atoms with Crippen LogP contribution < -0.4 is 11.5 Å². The lowest BCUT2D eigenvalue weighted by atomic mass is 10.2. The lowest BCUT2D eigenvalue weighted by molar-refractivity contribution is 0.650. The number of halogens is 1. The van der Waals surface area contributed by atoms with Gasteiger partial charge in [-0.05, 0) is 6.42 Å². The lowest BCUT2D eigenvalue weighted by Crippen LogP contribution is -2.13. The van der Waals surface area contributed by atoms with Crippen LogP contribution in [0.4, 0.5) is 5.82 Å². The third kappa shape index (κ3) is 2.06. The van der Waals surface area contributed by atoms with Crippen LogP contribution >= 0.6 is 11.6 Å². The molecule has 4 nitrogen and oxygen atoms in total. The highest BCUT2D eigenvalue weighted by atomic mass is 35.5. The summed E-state index contributed by atoms with van der Waals surface area (Å²) in [6, 6.07) is 1.30. The first-order valence-corrected chi connectivity index (χ1v) is 4.06. The molecule has 0 bridgehead atoms. The topological polar surface area (TPSA) is 77.8 Å². The predicted molar refractivity (Wildman–Crippen MR) is 48.7 cm³/mol. The quantitative estimate of drug-likeness (QED) is 0.679. The van der Waals surface area contributed by atoms with Gasteiger partial charge in [0.25, 0.3) is 0 Å². The minimum Gasteiger partial charge on any atom is -0.384 e. The first-order valence-electron chi connectivity index (χ1n) is 3.69. The summed E-state index contributed by atoms with van der Waals surface area (Å²) in [5.41, 5.74) is 11.2. The van der Waals surface area contributed by atoms with Crippen LogP contribution in [0.2, 0.25) is 5.15 Å². The van der Waals surface area contributed by atoms with Crippen molar-refractivity contribution in [3.63, 3.8) is 0 Å². The molecule has 1 atom stereocenters. The van der Waals surface area contributed by atoms with E-state index in [1.54, 1.807) is 0 Å². The Morgan fingerprint density at radius 2 is 2.25 bits per heavy atom. The molecule has 0 aromatic carbocycles. The second kappa shape index (κ2) is 3.69. The van der Waals surface area contributed by atoms with Crippen LogP contribution in [-0.2, 0) is 0 Å². The van der Waals surface area contributed by atoms with E-state index in [1.807, 2.05) is 6.92 Å². The fourth-order valence-corrected chi connectivity index (χ4v) is 1.00. The van der Waals surface area contributed by atoms with Gasteiger partial charge in [0.05, 0.1) is 6.04 Å². The van der Waals surface area contributed by atoms with Crippen molar-refractivity contribution in [2.24, 2.45) is 5.73 Å². The molecule has 0 radical (unpaired) electrons. The Hall–Kier alpha value is -0.870. The summed E-state index contributed by atoms with van der Waals surface area (Å²) in [5.74, 6) is 0.858. The van der Waals surface area contributed by atoms with E-state index < -0.39 is 0 Å². The van der Waals surface area contributed by atoms with Crippen LogP contribution in [0.25, 0.3) is 0 Å². The van der Waals surface area contributed by atoms with Crippen molar-refractivity contribution in [2.75, 3.05) is 5.73 Å². The highest BCUT2D eigenvalue weighted by molar-refractivity contribution is 6.29. The Bertz CT molecular complexity index is 256. The second-order valence-electron chi connectivity index (χ2n) is 2.49. The summed E-state index contributed by atoms with van der Waals surface area (Å²) in [4.78, 5) is 7.92. The molecule has 0 fully saturated rings. The van der Waals surface area contributed by atoms with Gasteiger partial charge in [0.1, 0.15) is 16.8 Å². The SMILES string of the molecule is CCC(N)c1nc(N)cc(Cl)n1. The Morgan fingerprint density at radius 3 is 2.75 bits per heavy atom. The van der Waals surface area contributed by atoms with Gasteiger partial charge in [-0.2, -0.15) is 0 Å². The molecule has 0 spiro atoms. The molecule has 1 unspecified atom stereocenters. The van der Waals surface area contributed by atoms with E-state index in [1.165, 1.54) is 6.07 Å². The molecular formula is C7H11ClN4. The van der Waals surface area contributed by atoms with Gasteiger partial charge in [0, 0.05) is 6.07 Å². The van der Waals surface area contributed by atoms with Crippen molar-refractivity contribution in [3.8, 4) is 0 Å². The van der Waals surface area contributed by atoms with Gasteiger partial charge in [0.2, 0.25) is 0 Å². The zero-order chi connectivity index (χ0) is 9.14. The summed E-state index contributed by atoms with van der Waals surface area (Å²) in [6.45, 7) is 1.95. The van der Waals surface area contributed by atoms with Crippen molar-refractivity contribution < 1.29 is 0 Å². The molecule has 1 heterocycles. The summed E-state index contributed by atoms with van der Waals surface area (Å²) in [5, 5.41) is 0.335. The third-order valence-electron chi connectivity index (χ3n) is 1.50. The van der Waals surface area contributed by atoms with E-state index in [0.29, 0.717) is 16.8 Å². The molecule has 0 aliphatic carbocycles. The minimum atomic E-state index is -0.189. The predicted octanol–water partition coefficient (Wildman–Crippen LogP) is 1.12. The van der Waals surface area contributed by atoms with Crippen LogP contribution in [0.15, 0.2) is 6.07 Å². The van der Waals surface area contributed by atoms with Gasteiger partial charge >= 0.3 is 0 Å². The van der Waals surface area contributed by atoms with E-state index in [0.717, 1.165) is 6.42 Å². The maximum Gasteiger partial charge on any atom is 0.149 e. The summed E-state index contributed by atoms with van der Waals surface area (Å²) >= 11 is 5.66. The third-order valence-corrected chi connectivity index (χ3v) is 1.70. The molecule has 0 aliphatic rings. The average Bonchev–Trinajstić information content (AvgIpc) is 2.01. The number of hydrogen-bond acceptors (Lipinski definition) is 4. The average molecular weight is 187 g/mol. The standard InChI is InChI=1S/C7H11ClN4/c1-2-4(9)7-11-5(8)3-6(10)12-7/h3-4H,2,9H2,1H3,(H2,10,11,12). The minimum absolute atomic E-state index is 0.189. The number of nitrogens with zero attached hydrogens (tertiary/aromatic N) is 2. The number of hydrogen-bond donors (Lipinski definition) is 2. The zero-order valence-electron chi connectivity index (χ0n) is 6.79. The van der Waals surface area contributed by atoms with E-state index in [4.69, 9.17) is 23.1 Å². The molecule has 0 aliphatic heterocycles. The number of aromatic nitrogens is 2. The van der Waals surface area contributed by atoms with Crippen molar-refractivity contribution in [3.05, 3.63) is 17.0 Å². The maximum atomic E-state index is 5.69. The van der Waals surface area contributed by atoms with Crippen molar-refractivity contribution in [1.82, 2.24) is 9.97 Å². The number of rotatable bonds is 2. The fraction of sp³-hybridized carbons (Fsp3) is 0.429. The Labute approximate surface area is 75.9 Å². The molecular weight excluding hydrogens is 176 g/mol. The monoisotopic (exact) mass is 186 g/mol. The molecule has 1 aromatic rings. The summed E-state index contributed by atoms with van der Waals surface area (Å²) in [7, 11) is 0. The molecule has 1 rings (SSSR count). The van der Waals surface area contributed by atoms with Crippen molar-refractivity contribution in [1.29, 1.82) is 0 Å². The molecule has 1 aromatic heterocycles. The normalized spacial score (nSPS) is 12.9. The van der Waals surface area contributed by atoms with E-state index >= 15 is 0 Å². The summed E-state index contributed by atoms with van der Waals surface area (Å²) in [6.07, 6.45) is 0.764. The number of nitrogen functional groups attached to an aromatic ring is 1. The van der Waals surface area contributed by atoms with Crippen LogP contribution in [0, 0.1) is 0 Å². The Balaban J connectivity index is 3.00. The van der Waals surface area contributed by atoms with E-state index in [-0.39, 0.29) is 6.04 Å². The molecule has 5 heteroatoms. The Morgan fingerprint density at radius 1 is 1.58 bits per heavy atom. The van der Waals surface area contributed by atoms with Crippen LogP contribution in [-0.4, -0.2) is 9.97 Å². The van der Waals surface area contributed by atoms with Gasteiger partial charge < -0.3 is 11.5 Å². The van der Waals surface area contributed by atoms with Crippen molar-refractivity contribution >= 4 is 17.4 Å². The fourth-order valence-electron chi connectivity index (χ4n) is 0.802. The molecule has 0 saturated heterocycles. The summed E-state index contributed by atoms with van der Waals surface area (Å²) < 4.78 is 0. The molecule has 0 amide bonds. The molecule has 0 saturated carbocycles. The maximum absolute atomic E-state index is 5.69. The van der Waals surface area contributed by atoms with Gasteiger partial charge in [-0.15, -0.1) is 0 Å². The van der Waals surface area contributed by atoms with Crippen LogP contribution in [0.1, 0.15) is 25.2 Å². The Kier molecular flexibility index (Phi) is 2.83. The highest BCUT2D eigenvalue weighted by Gasteiger charge is 2.07. The lowest BCUT2D eigenvalue weighted by Gasteiger charge is -2.07.